The Balaban J connectivity index is 2.25. The molecule has 0 bridgehead atoms. The van der Waals surface area contributed by atoms with Gasteiger partial charge >= 0.3 is 0 Å². The third kappa shape index (κ3) is 3.30. The van der Waals surface area contributed by atoms with E-state index in [4.69, 9.17) is 15.2 Å². The van der Waals surface area contributed by atoms with Crippen LogP contribution in [0.2, 0.25) is 0 Å². The lowest BCUT2D eigenvalue weighted by atomic mass is 10.1. The first kappa shape index (κ1) is 16.1. The maximum atomic E-state index is 12.0. The smallest absolute Gasteiger partial charge is 0.189 e. The molecule has 0 amide bonds. The highest BCUT2D eigenvalue weighted by Gasteiger charge is 2.19. The van der Waals surface area contributed by atoms with Gasteiger partial charge in [0.2, 0.25) is 0 Å². The number of benzene rings is 1. The molecule has 0 unspecified atom stereocenters. The number of nitrogens with two attached hydrogens (primary N) is 1. The summed E-state index contributed by atoms with van der Waals surface area (Å²) in [7, 11) is 3.15. The van der Waals surface area contributed by atoms with Crippen LogP contribution in [0.4, 0.5) is 16.6 Å². The second-order valence-corrected chi connectivity index (χ2v) is 5.95. The van der Waals surface area contributed by atoms with E-state index in [0.717, 1.165) is 5.69 Å². The molecule has 1 aromatic heterocycles. The van der Waals surface area contributed by atoms with Crippen LogP contribution in [0.5, 0.6) is 11.5 Å². The number of Topliss-reactive ketones (excluding diaryl/α,β-unsaturated/α-hetero) is 1. The van der Waals surface area contributed by atoms with Crippen LogP contribution in [0.3, 0.4) is 0 Å². The summed E-state index contributed by atoms with van der Waals surface area (Å²) in [5, 5.41) is 3.69. The van der Waals surface area contributed by atoms with Crippen LogP contribution in [0.25, 0.3) is 0 Å². The fourth-order valence-electron chi connectivity index (χ4n) is 1.86. The molecule has 0 atom stereocenters. The van der Waals surface area contributed by atoms with E-state index < -0.39 is 0 Å². The first-order valence-electron chi connectivity index (χ1n) is 6.75. The van der Waals surface area contributed by atoms with E-state index in [9.17, 15) is 4.79 Å². The van der Waals surface area contributed by atoms with E-state index in [2.05, 4.69) is 10.3 Å². The van der Waals surface area contributed by atoms with E-state index in [1.54, 1.807) is 26.4 Å². The van der Waals surface area contributed by atoms with Crippen molar-refractivity contribution in [3.63, 3.8) is 0 Å². The Bertz CT molecular complexity index is 683. The summed E-state index contributed by atoms with van der Waals surface area (Å²) >= 11 is 1.25. The van der Waals surface area contributed by atoms with Gasteiger partial charge in [-0.2, -0.15) is 0 Å². The van der Waals surface area contributed by atoms with Crippen LogP contribution in [0.1, 0.15) is 23.5 Å². The molecule has 0 spiro atoms. The van der Waals surface area contributed by atoms with Gasteiger partial charge in [-0.25, -0.2) is 4.98 Å². The molecule has 118 valence electrons. The van der Waals surface area contributed by atoms with Crippen LogP contribution in [0, 0.1) is 5.92 Å². The lowest BCUT2D eigenvalue weighted by molar-refractivity contribution is 0.0944. The molecule has 0 aliphatic rings. The quantitative estimate of drug-likeness (QED) is 0.794. The van der Waals surface area contributed by atoms with E-state index in [1.807, 2.05) is 19.9 Å². The van der Waals surface area contributed by atoms with Crippen LogP contribution in [0.15, 0.2) is 18.2 Å². The highest BCUT2D eigenvalue weighted by Crippen LogP contribution is 2.33. The summed E-state index contributed by atoms with van der Waals surface area (Å²) in [5.41, 5.74) is 6.60. The SMILES string of the molecule is COc1ccc(Nc2nc(N)c(C(=O)C(C)C)s2)cc1OC. The molecular weight excluding hydrogens is 302 g/mol. The lowest BCUT2D eigenvalue weighted by Crippen LogP contribution is -2.07. The van der Waals surface area contributed by atoms with Crippen LogP contribution in [-0.4, -0.2) is 25.0 Å². The van der Waals surface area contributed by atoms with Gasteiger partial charge in [-0.15, -0.1) is 0 Å². The Hall–Kier alpha value is -2.28. The zero-order chi connectivity index (χ0) is 16.3. The molecule has 2 aromatic rings. The Morgan fingerprint density at radius 1 is 1.27 bits per heavy atom. The number of methoxy groups -OCH3 is 2. The number of nitrogens with one attached hydrogen (secondary N) is 1. The molecule has 1 aromatic carbocycles. The van der Waals surface area contributed by atoms with Crippen molar-refractivity contribution in [3.05, 3.63) is 23.1 Å². The predicted molar refractivity (Wildman–Crippen MR) is 88.5 cm³/mol. The van der Waals surface area contributed by atoms with E-state index in [0.29, 0.717) is 21.5 Å². The fourth-order valence-corrected chi connectivity index (χ4v) is 2.85. The highest BCUT2D eigenvalue weighted by atomic mass is 32.1. The van der Waals surface area contributed by atoms with Crippen LogP contribution < -0.4 is 20.5 Å². The number of aromatic nitrogens is 1. The van der Waals surface area contributed by atoms with Crippen LogP contribution in [-0.2, 0) is 0 Å². The van der Waals surface area contributed by atoms with Gasteiger partial charge in [0.25, 0.3) is 0 Å². The first-order valence-corrected chi connectivity index (χ1v) is 7.57. The third-order valence-corrected chi connectivity index (χ3v) is 4.04. The standard InChI is InChI=1S/C15H19N3O3S/c1-8(2)12(19)13-14(16)18-15(22-13)17-9-5-6-10(20-3)11(7-9)21-4/h5-8H,16H2,1-4H3,(H,17,18). The number of rotatable bonds is 6. The Morgan fingerprint density at radius 2 is 1.95 bits per heavy atom. The number of hydrogen-bond donors (Lipinski definition) is 2. The monoisotopic (exact) mass is 321 g/mol. The summed E-state index contributed by atoms with van der Waals surface area (Å²) < 4.78 is 10.4. The third-order valence-electron chi connectivity index (χ3n) is 3.04. The Kier molecular flexibility index (Phi) is 4.87. The summed E-state index contributed by atoms with van der Waals surface area (Å²) in [4.78, 5) is 16.7. The summed E-state index contributed by atoms with van der Waals surface area (Å²) in [6.07, 6.45) is 0. The molecule has 0 aliphatic heterocycles. The molecular formula is C15H19N3O3S. The lowest BCUT2D eigenvalue weighted by Gasteiger charge is -2.09. The zero-order valence-corrected chi connectivity index (χ0v) is 13.8. The minimum absolute atomic E-state index is 0.00429. The summed E-state index contributed by atoms with van der Waals surface area (Å²) in [6.45, 7) is 3.67. The van der Waals surface area contributed by atoms with E-state index in [1.165, 1.54) is 11.3 Å². The molecule has 3 N–H and O–H groups in total. The molecule has 0 radical (unpaired) electrons. The number of carbonyl (C=O) groups excluding carboxylic acids is 1. The number of thiazole rings is 1. The second-order valence-electron chi connectivity index (χ2n) is 4.95. The number of nitrogen functional groups attached to an aromatic ring is 1. The van der Waals surface area contributed by atoms with Crippen molar-refractivity contribution in [3.8, 4) is 11.5 Å². The van der Waals surface area contributed by atoms with Gasteiger partial charge in [0.1, 0.15) is 10.7 Å². The van der Waals surface area contributed by atoms with Crippen LogP contribution >= 0.6 is 11.3 Å². The maximum absolute atomic E-state index is 12.0. The summed E-state index contributed by atoms with van der Waals surface area (Å²) in [6, 6.07) is 5.42. The molecule has 0 aliphatic carbocycles. The average molecular weight is 321 g/mol. The molecule has 7 heteroatoms. The highest BCUT2D eigenvalue weighted by molar-refractivity contribution is 7.18. The minimum Gasteiger partial charge on any atom is -0.493 e. The number of ketones is 1. The van der Waals surface area contributed by atoms with Crippen molar-refractivity contribution in [2.45, 2.75) is 13.8 Å². The van der Waals surface area contributed by atoms with Gasteiger partial charge in [0, 0.05) is 17.7 Å². The topological polar surface area (TPSA) is 86.5 Å². The molecule has 0 saturated heterocycles. The van der Waals surface area contributed by atoms with Crippen molar-refractivity contribution in [1.29, 1.82) is 0 Å². The van der Waals surface area contributed by atoms with Gasteiger partial charge in [0.05, 0.1) is 14.2 Å². The summed E-state index contributed by atoms with van der Waals surface area (Å²) in [5.74, 6) is 1.39. The number of nitrogens with zero attached hydrogens (tertiary/aromatic N) is 1. The van der Waals surface area contributed by atoms with Gasteiger partial charge in [-0.05, 0) is 12.1 Å². The molecule has 1 heterocycles. The number of ether oxygens (including phenoxy) is 2. The Labute approximate surface area is 133 Å². The van der Waals surface area contributed by atoms with E-state index >= 15 is 0 Å². The normalized spacial score (nSPS) is 10.6. The van der Waals surface area contributed by atoms with E-state index in [-0.39, 0.29) is 17.5 Å². The van der Waals surface area contributed by atoms with Crippen molar-refractivity contribution in [2.24, 2.45) is 5.92 Å². The Morgan fingerprint density at radius 3 is 2.55 bits per heavy atom. The van der Waals surface area contributed by atoms with Crippen molar-refractivity contribution < 1.29 is 14.3 Å². The van der Waals surface area contributed by atoms with Gasteiger partial charge < -0.3 is 20.5 Å². The van der Waals surface area contributed by atoms with Crippen molar-refractivity contribution in [1.82, 2.24) is 4.98 Å². The van der Waals surface area contributed by atoms with Crippen molar-refractivity contribution >= 4 is 33.8 Å². The zero-order valence-electron chi connectivity index (χ0n) is 13.0. The predicted octanol–water partition coefficient (Wildman–Crippen LogP) is 3.32. The maximum Gasteiger partial charge on any atom is 0.189 e. The van der Waals surface area contributed by atoms with Gasteiger partial charge in [-0.1, -0.05) is 25.2 Å². The van der Waals surface area contributed by atoms with Gasteiger partial charge in [-0.3, -0.25) is 4.79 Å². The molecule has 2 rings (SSSR count). The number of carbonyl (C=O) groups is 1. The second kappa shape index (κ2) is 6.65. The number of hydrogen-bond acceptors (Lipinski definition) is 7. The minimum atomic E-state index is -0.114. The van der Waals surface area contributed by atoms with Gasteiger partial charge in [0.15, 0.2) is 22.4 Å². The fraction of sp³-hybridized carbons (Fsp3) is 0.333. The molecule has 0 saturated carbocycles. The molecule has 0 fully saturated rings. The van der Waals surface area contributed by atoms with Crippen molar-refractivity contribution in [2.75, 3.05) is 25.3 Å². The first-order chi connectivity index (χ1) is 10.5. The molecule has 6 nitrogen and oxygen atoms in total. The average Bonchev–Trinajstić information content (AvgIpc) is 2.86. The largest absolute Gasteiger partial charge is 0.493 e. The number of anilines is 3. The molecule has 22 heavy (non-hydrogen) atoms.